The summed E-state index contributed by atoms with van der Waals surface area (Å²) in [6.45, 7) is 4.69. The van der Waals surface area contributed by atoms with Gasteiger partial charge in [0.15, 0.2) is 0 Å². The first-order valence-electron chi connectivity index (χ1n) is 21.4. The predicted molar refractivity (Wildman–Crippen MR) is 242 cm³/mol. The monoisotopic (exact) mass is 742 g/mol. The molecule has 0 heterocycles. The van der Waals surface area contributed by atoms with E-state index in [4.69, 9.17) is 0 Å². The zero-order valence-corrected chi connectivity index (χ0v) is 33.6. The Morgan fingerprint density at radius 2 is 0.930 bits per heavy atom. The molecule has 1 spiro atoms. The summed E-state index contributed by atoms with van der Waals surface area (Å²) in [7, 11) is 0. The number of nitrogens with zero attached hydrogens (tertiary/aromatic N) is 2. The van der Waals surface area contributed by atoms with Crippen LogP contribution in [0.15, 0.2) is 182 Å². The Bertz CT molecular complexity index is 2360. The van der Waals surface area contributed by atoms with Gasteiger partial charge >= 0.3 is 0 Å². The number of fused-ring (bicyclic) bond motifs is 5. The Morgan fingerprint density at radius 1 is 0.456 bits per heavy atom. The van der Waals surface area contributed by atoms with Crippen LogP contribution in [0.3, 0.4) is 0 Å². The van der Waals surface area contributed by atoms with E-state index in [2.05, 4.69) is 206 Å². The van der Waals surface area contributed by atoms with Crippen molar-refractivity contribution >= 4 is 34.1 Å². The molecular weight excluding hydrogens is 689 g/mol. The first kappa shape index (κ1) is 36.8. The van der Waals surface area contributed by atoms with Crippen LogP contribution in [0.25, 0.3) is 11.1 Å². The molecule has 2 aliphatic rings. The van der Waals surface area contributed by atoms with Crippen LogP contribution >= 0.6 is 0 Å². The van der Waals surface area contributed by atoms with Gasteiger partial charge in [-0.05, 0) is 120 Å². The molecule has 0 saturated heterocycles. The van der Waals surface area contributed by atoms with Crippen LogP contribution < -0.4 is 9.80 Å². The molecule has 284 valence electrons. The minimum atomic E-state index is -0.101. The molecule has 1 atom stereocenters. The fourth-order valence-corrected chi connectivity index (χ4v) is 10.4. The second kappa shape index (κ2) is 15.9. The largest absolute Gasteiger partial charge is 0.311 e. The molecule has 0 aliphatic heterocycles. The molecule has 0 bridgehead atoms. The van der Waals surface area contributed by atoms with E-state index < -0.39 is 0 Å². The first-order chi connectivity index (χ1) is 28.2. The minimum absolute atomic E-state index is 0.101. The number of benzene rings is 7. The van der Waals surface area contributed by atoms with Crippen molar-refractivity contribution in [2.75, 3.05) is 9.80 Å². The van der Waals surface area contributed by atoms with Crippen molar-refractivity contribution in [3.05, 3.63) is 204 Å². The zero-order valence-electron chi connectivity index (χ0n) is 33.6. The fourth-order valence-electron chi connectivity index (χ4n) is 10.4. The van der Waals surface area contributed by atoms with Crippen LogP contribution in [-0.2, 0) is 10.8 Å². The van der Waals surface area contributed by atoms with Gasteiger partial charge in [0.25, 0.3) is 0 Å². The summed E-state index contributed by atoms with van der Waals surface area (Å²) >= 11 is 0. The van der Waals surface area contributed by atoms with E-state index in [9.17, 15) is 0 Å². The average molecular weight is 743 g/mol. The van der Waals surface area contributed by atoms with E-state index in [1.807, 2.05) is 0 Å². The molecule has 57 heavy (non-hydrogen) atoms. The molecular formula is C55H54N2. The van der Waals surface area contributed by atoms with E-state index in [0.29, 0.717) is 0 Å². The highest BCUT2D eigenvalue weighted by molar-refractivity contribution is 5.95. The smallest absolute Gasteiger partial charge is 0.0543 e. The SMILES string of the molecule is CCCCCC(CC)(c1ccc(N(c2ccccc2)c2ccccc2)cc1)c1ccc(N(c2ccccc2)c2cccc3c2-c2ccccc2C32CCCC2)cc1. The highest BCUT2D eigenvalue weighted by Crippen LogP contribution is 2.60. The van der Waals surface area contributed by atoms with Gasteiger partial charge < -0.3 is 9.80 Å². The van der Waals surface area contributed by atoms with Gasteiger partial charge in [-0.25, -0.2) is 0 Å². The van der Waals surface area contributed by atoms with Crippen molar-refractivity contribution in [2.24, 2.45) is 0 Å². The predicted octanol–water partition coefficient (Wildman–Crippen LogP) is 15.7. The van der Waals surface area contributed by atoms with Gasteiger partial charge in [0.05, 0.1) is 5.69 Å². The van der Waals surface area contributed by atoms with Gasteiger partial charge in [0.2, 0.25) is 0 Å². The van der Waals surface area contributed by atoms with Crippen LogP contribution in [0.1, 0.15) is 93.9 Å². The number of anilines is 6. The lowest BCUT2D eigenvalue weighted by Gasteiger charge is -2.36. The fraction of sp³-hybridized carbons (Fsp3) is 0.236. The van der Waals surface area contributed by atoms with E-state index in [0.717, 1.165) is 24.2 Å². The normalized spacial score (nSPS) is 14.8. The molecule has 0 N–H and O–H groups in total. The van der Waals surface area contributed by atoms with Crippen molar-refractivity contribution in [3.8, 4) is 11.1 Å². The summed E-state index contributed by atoms with van der Waals surface area (Å²) in [6.07, 6.45) is 10.8. The molecule has 0 radical (unpaired) electrons. The second-order valence-corrected chi connectivity index (χ2v) is 16.2. The molecule has 9 rings (SSSR count). The quantitative estimate of drug-likeness (QED) is 0.109. The van der Waals surface area contributed by atoms with Gasteiger partial charge in [-0.3, -0.25) is 0 Å². The van der Waals surface area contributed by atoms with Gasteiger partial charge in [0, 0.05) is 44.8 Å². The Labute approximate surface area is 340 Å². The summed E-state index contributed by atoms with van der Waals surface area (Å²) < 4.78 is 0. The third-order valence-corrected chi connectivity index (χ3v) is 13.2. The maximum Gasteiger partial charge on any atom is 0.0543 e. The van der Waals surface area contributed by atoms with Gasteiger partial charge in [0.1, 0.15) is 0 Å². The van der Waals surface area contributed by atoms with Crippen molar-refractivity contribution in [3.63, 3.8) is 0 Å². The molecule has 7 aromatic carbocycles. The molecule has 7 aromatic rings. The van der Waals surface area contributed by atoms with Crippen molar-refractivity contribution < 1.29 is 0 Å². The third-order valence-electron chi connectivity index (χ3n) is 13.2. The third kappa shape index (κ3) is 6.56. The lowest BCUT2D eigenvalue weighted by Crippen LogP contribution is -2.27. The molecule has 2 aliphatic carbocycles. The molecule has 1 fully saturated rings. The van der Waals surface area contributed by atoms with Gasteiger partial charge in [-0.15, -0.1) is 0 Å². The number of para-hydroxylation sites is 3. The molecule has 1 saturated carbocycles. The van der Waals surface area contributed by atoms with Crippen molar-refractivity contribution in [1.29, 1.82) is 0 Å². The Kier molecular flexibility index (Phi) is 10.3. The molecule has 2 heteroatoms. The summed E-state index contributed by atoms with van der Waals surface area (Å²) in [5.41, 5.74) is 15.8. The molecule has 0 aromatic heterocycles. The van der Waals surface area contributed by atoms with Crippen molar-refractivity contribution in [1.82, 2.24) is 0 Å². The van der Waals surface area contributed by atoms with Gasteiger partial charge in [-0.2, -0.15) is 0 Å². The topological polar surface area (TPSA) is 6.48 Å². The van der Waals surface area contributed by atoms with Crippen LogP contribution in [0.2, 0.25) is 0 Å². The average Bonchev–Trinajstić information content (AvgIpc) is 3.89. The number of rotatable bonds is 13. The van der Waals surface area contributed by atoms with Crippen LogP contribution in [0.5, 0.6) is 0 Å². The first-order valence-corrected chi connectivity index (χ1v) is 21.4. The lowest BCUT2D eigenvalue weighted by atomic mass is 9.69. The number of hydrogen-bond acceptors (Lipinski definition) is 2. The number of hydrogen-bond donors (Lipinski definition) is 0. The van der Waals surface area contributed by atoms with E-state index in [-0.39, 0.29) is 10.8 Å². The summed E-state index contributed by atoms with van der Waals surface area (Å²) in [5.74, 6) is 0. The van der Waals surface area contributed by atoms with E-state index in [1.165, 1.54) is 101 Å². The lowest BCUT2D eigenvalue weighted by molar-refractivity contribution is 0.431. The van der Waals surface area contributed by atoms with Crippen LogP contribution in [-0.4, -0.2) is 0 Å². The zero-order chi connectivity index (χ0) is 38.7. The summed E-state index contributed by atoms with van der Waals surface area (Å²) in [4.78, 5) is 4.86. The molecule has 0 amide bonds. The summed E-state index contributed by atoms with van der Waals surface area (Å²) in [5, 5.41) is 0. The minimum Gasteiger partial charge on any atom is -0.311 e. The van der Waals surface area contributed by atoms with Crippen molar-refractivity contribution in [2.45, 2.75) is 82.5 Å². The second-order valence-electron chi connectivity index (χ2n) is 16.2. The Balaban J connectivity index is 1.13. The highest BCUT2D eigenvalue weighted by Gasteiger charge is 2.46. The van der Waals surface area contributed by atoms with Crippen LogP contribution in [0.4, 0.5) is 34.1 Å². The van der Waals surface area contributed by atoms with Gasteiger partial charge in [-0.1, -0.05) is 161 Å². The summed E-state index contributed by atoms with van der Waals surface area (Å²) in [6, 6.07) is 67.8. The van der Waals surface area contributed by atoms with E-state index >= 15 is 0 Å². The van der Waals surface area contributed by atoms with Crippen LogP contribution in [0, 0.1) is 0 Å². The highest BCUT2D eigenvalue weighted by atomic mass is 15.1. The maximum absolute atomic E-state index is 2.51. The Morgan fingerprint density at radius 3 is 1.47 bits per heavy atom. The number of unbranched alkanes of at least 4 members (excludes halogenated alkanes) is 2. The standard InChI is InChI=1S/C55H54N2/c1-3-5-17-39-54(4-2,42-31-35-47(36-32-42)56(44-21-9-6-10-22-44)45-23-11-7-12-24-45)43-33-37-48(38-34-43)57(46-25-13-8-14-26-46)52-30-20-29-51-53(52)49-27-15-16-28-50(49)55(51)40-18-19-41-55/h6-16,20-38H,3-5,17-19,39-41H2,1-2H3. The molecule has 2 nitrogen and oxygen atoms in total. The molecule has 1 unspecified atom stereocenters. The Hall–Kier alpha value is -5.86. The van der Waals surface area contributed by atoms with E-state index in [1.54, 1.807) is 0 Å². The maximum atomic E-state index is 2.51.